The van der Waals surface area contributed by atoms with E-state index in [0.29, 0.717) is 13.1 Å². The summed E-state index contributed by atoms with van der Waals surface area (Å²) in [5.74, 6) is -0.791. The Morgan fingerprint density at radius 3 is 2.48 bits per heavy atom. The van der Waals surface area contributed by atoms with Gasteiger partial charge in [0.1, 0.15) is 18.2 Å². The predicted octanol–water partition coefficient (Wildman–Crippen LogP) is 0.874. The largest absolute Gasteiger partial charge is 0.444 e. The highest BCUT2D eigenvalue weighted by Crippen LogP contribution is 2.13. The molecule has 1 atom stereocenters. The molecule has 0 aromatic rings. The van der Waals surface area contributed by atoms with Gasteiger partial charge in [-0.1, -0.05) is 0 Å². The van der Waals surface area contributed by atoms with Crippen LogP contribution < -0.4 is 10.6 Å². The molecule has 0 spiro atoms. The molecule has 6 nitrogen and oxygen atoms in total. The van der Waals surface area contributed by atoms with Crippen molar-refractivity contribution in [3.05, 3.63) is 0 Å². The summed E-state index contributed by atoms with van der Waals surface area (Å²) in [4.78, 5) is 24.8. The lowest BCUT2D eigenvalue weighted by atomic mass is 10.2. The van der Waals surface area contributed by atoms with Crippen LogP contribution in [0.1, 0.15) is 20.8 Å². The maximum Gasteiger partial charge on any atom is 0.410 e. The van der Waals surface area contributed by atoms with Crippen molar-refractivity contribution in [1.82, 2.24) is 15.5 Å². The number of nitrogens with one attached hydrogen (secondary N) is 2. The van der Waals surface area contributed by atoms with Crippen LogP contribution >= 0.6 is 0 Å². The maximum absolute atomic E-state index is 12.1. The van der Waals surface area contributed by atoms with Crippen LogP contribution in [0, 0.1) is 0 Å². The SMILES string of the molecule is CC(C)(C)OC(=O)N1CCNC(C(=O)NCC(F)(F)F)C1. The summed E-state index contributed by atoms with van der Waals surface area (Å²) in [6, 6.07) is -0.881. The van der Waals surface area contributed by atoms with E-state index in [-0.39, 0.29) is 6.54 Å². The number of alkyl halides is 3. The third-order valence-corrected chi connectivity index (χ3v) is 2.61. The van der Waals surface area contributed by atoms with E-state index in [4.69, 9.17) is 4.74 Å². The molecule has 0 saturated carbocycles. The summed E-state index contributed by atoms with van der Waals surface area (Å²) in [6.45, 7) is 4.35. The second kappa shape index (κ2) is 6.50. The standard InChI is InChI=1S/C12H20F3N3O3/c1-11(2,3)21-10(20)18-5-4-16-8(6-18)9(19)17-7-12(13,14)15/h8,16H,4-7H2,1-3H3,(H,17,19). The van der Waals surface area contributed by atoms with Crippen molar-refractivity contribution >= 4 is 12.0 Å². The molecular formula is C12H20F3N3O3. The Morgan fingerprint density at radius 2 is 1.95 bits per heavy atom. The molecule has 0 bridgehead atoms. The van der Waals surface area contributed by atoms with Gasteiger partial charge in [-0.3, -0.25) is 4.79 Å². The van der Waals surface area contributed by atoms with E-state index in [2.05, 4.69) is 5.32 Å². The second-order valence-electron chi connectivity index (χ2n) is 5.77. The van der Waals surface area contributed by atoms with Gasteiger partial charge in [-0.15, -0.1) is 0 Å². The Hall–Kier alpha value is -1.51. The fraction of sp³-hybridized carbons (Fsp3) is 0.833. The number of rotatable bonds is 2. The van der Waals surface area contributed by atoms with Gasteiger partial charge in [0, 0.05) is 19.6 Å². The molecule has 1 saturated heterocycles. The second-order valence-corrected chi connectivity index (χ2v) is 5.77. The van der Waals surface area contributed by atoms with Gasteiger partial charge >= 0.3 is 12.3 Å². The molecule has 0 aliphatic carbocycles. The maximum atomic E-state index is 12.1. The van der Waals surface area contributed by atoms with Gasteiger partial charge in [-0.25, -0.2) is 4.79 Å². The van der Waals surface area contributed by atoms with Gasteiger partial charge in [0.25, 0.3) is 0 Å². The van der Waals surface area contributed by atoms with Crippen LogP contribution in [0.25, 0.3) is 0 Å². The zero-order valence-corrected chi connectivity index (χ0v) is 12.2. The number of hydrogen-bond donors (Lipinski definition) is 2. The fourth-order valence-corrected chi connectivity index (χ4v) is 1.73. The zero-order chi connectivity index (χ0) is 16.3. The first kappa shape index (κ1) is 17.5. The number of ether oxygens (including phenoxy) is 1. The third kappa shape index (κ3) is 6.65. The van der Waals surface area contributed by atoms with Crippen molar-refractivity contribution < 1.29 is 27.5 Å². The predicted molar refractivity (Wildman–Crippen MR) is 68.7 cm³/mol. The highest BCUT2D eigenvalue weighted by atomic mass is 19.4. The van der Waals surface area contributed by atoms with Crippen LogP contribution in [0.15, 0.2) is 0 Å². The van der Waals surface area contributed by atoms with E-state index in [1.165, 1.54) is 4.90 Å². The molecule has 1 aliphatic heterocycles. The van der Waals surface area contributed by atoms with Crippen LogP contribution in [0.4, 0.5) is 18.0 Å². The molecule has 0 aromatic heterocycles. The summed E-state index contributed by atoms with van der Waals surface area (Å²) in [5.41, 5.74) is -0.671. The van der Waals surface area contributed by atoms with E-state index in [0.717, 1.165) is 0 Å². The number of amides is 2. The molecule has 1 rings (SSSR count). The minimum atomic E-state index is -4.46. The number of hydrogen-bond acceptors (Lipinski definition) is 4. The Kier molecular flexibility index (Phi) is 5.43. The first-order valence-electron chi connectivity index (χ1n) is 6.54. The number of piperazine rings is 1. The lowest BCUT2D eigenvalue weighted by Crippen LogP contribution is -2.59. The molecule has 1 unspecified atom stereocenters. The van der Waals surface area contributed by atoms with E-state index >= 15 is 0 Å². The summed E-state index contributed by atoms with van der Waals surface area (Å²) in [7, 11) is 0. The number of carbonyl (C=O) groups excluding carboxylic acids is 2. The molecule has 1 fully saturated rings. The zero-order valence-electron chi connectivity index (χ0n) is 12.2. The minimum Gasteiger partial charge on any atom is -0.444 e. The van der Waals surface area contributed by atoms with Crippen molar-refractivity contribution in [1.29, 1.82) is 0 Å². The lowest BCUT2D eigenvalue weighted by molar-refractivity contribution is -0.140. The Bertz CT molecular complexity index is 393. The molecule has 0 aromatic carbocycles. The van der Waals surface area contributed by atoms with E-state index < -0.39 is 36.4 Å². The third-order valence-electron chi connectivity index (χ3n) is 2.61. The summed E-state index contributed by atoms with van der Waals surface area (Å²) >= 11 is 0. The van der Waals surface area contributed by atoms with Crippen molar-refractivity contribution in [2.45, 2.75) is 38.6 Å². The van der Waals surface area contributed by atoms with Gasteiger partial charge < -0.3 is 20.3 Å². The van der Waals surface area contributed by atoms with Gasteiger partial charge in [0.2, 0.25) is 5.91 Å². The quantitative estimate of drug-likeness (QED) is 0.794. The summed E-state index contributed by atoms with van der Waals surface area (Å²) in [5, 5.41) is 4.57. The first-order valence-corrected chi connectivity index (χ1v) is 6.54. The van der Waals surface area contributed by atoms with E-state index in [1.54, 1.807) is 26.1 Å². The number of carbonyl (C=O) groups is 2. The van der Waals surface area contributed by atoms with Crippen LogP contribution in [0.2, 0.25) is 0 Å². The molecule has 122 valence electrons. The van der Waals surface area contributed by atoms with Crippen molar-refractivity contribution in [2.24, 2.45) is 0 Å². The molecule has 21 heavy (non-hydrogen) atoms. The Balaban J connectivity index is 2.52. The molecule has 1 aliphatic rings. The monoisotopic (exact) mass is 311 g/mol. The topological polar surface area (TPSA) is 70.7 Å². The lowest BCUT2D eigenvalue weighted by Gasteiger charge is -2.34. The van der Waals surface area contributed by atoms with Gasteiger partial charge in [-0.05, 0) is 20.8 Å². The fourth-order valence-electron chi connectivity index (χ4n) is 1.73. The smallest absolute Gasteiger partial charge is 0.410 e. The van der Waals surface area contributed by atoms with Crippen LogP contribution in [0.5, 0.6) is 0 Å². The van der Waals surface area contributed by atoms with Crippen LogP contribution in [0.3, 0.4) is 0 Å². The molecule has 2 amide bonds. The van der Waals surface area contributed by atoms with Gasteiger partial charge in [-0.2, -0.15) is 13.2 Å². The van der Waals surface area contributed by atoms with Crippen molar-refractivity contribution in [3.63, 3.8) is 0 Å². The van der Waals surface area contributed by atoms with Crippen LogP contribution in [-0.2, 0) is 9.53 Å². The van der Waals surface area contributed by atoms with Gasteiger partial charge in [0.15, 0.2) is 0 Å². The normalized spacial score (nSPS) is 20.1. The molecular weight excluding hydrogens is 291 g/mol. The average molecular weight is 311 g/mol. The molecule has 0 radical (unpaired) electrons. The minimum absolute atomic E-state index is 0.0292. The molecule has 2 N–H and O–H groups in total. The van der Waals surface area contributed by atoms with E-state index in [9.17, 15) is 22.8 Å². The molecule has 9 heteroatoms. The highest BCUT2D eigenvalue weighted by Gasteiger charge is 2.33. The van der Waals surface area contributed by atoms with Crippen molar-refractivity contribution in [3.8, 4) is 0 Å². The summed E-state index contributed by atoms with van der Waals surface area (Å²) in [6.07, 6.45) is -5.05. The Labute approximate surface area is 121 Å². The molecule has 1 heterocycles. The van der Waals surface area contributed by atoms with Crippen molar-refractivity contribution in [2.75, 3.05) is 26.2 Å². The summed E-state index contributed by atoms with van der Waals surface area (Å²) < 4.78 is 41.3. The first-order chi connectivity index (χ1) is 9.48. The highest BCUT2D eigenvalue weighted by molar-refractivity contribution is 5.83. The van der Waals surface area contributed by atoms with E-state index in [1.807, 2.05) is 0 Å². The number of halogens is 3. The Morgan fingerprint density at radius 1 is 1.33 bits per heavy atom. The van der Waals surface area contributed by atoms with Crippen LogP contribution in [-0.4, -0.2) is 60.9 Å². The average Bonchev–Trinajstić information content (AvgIpc) is 2.33. The number of nitrogens with zero attached hydrogens (tertiary/aromatic N) is 1. The van der Waals surface area contributed by atoms with Gasteiger partial charge in [0.05, 0.1) is 0 Å².